The maximum atomic E-state index is 12.3. The molecule has 0 saturated heterocycles. The van der Waals surface area contributed by atoms with E-state index in [1.54, 1.807) is 30.3 Å². The molecule has 2 aromatic carbocycles. The lowest BCUT2D eigenvalue weighted by atomic mass is 9.82. The molecule has 0 unspecified atom stereocenters. The van der Waals surface area contributed by atoms with Crippen molar-refractivity contribution in [2.24, 2.45) is 0 Å². The number of carbonyl (C=O) groups is 2. The fraction of sp³-hybridized carbons (Fsp3) is 0.304. The molecule has 0 bridgehead atoms. The summed E-state index contributed by atoms with van der Waals surface area (Å²) in [6.07, 6.45) is -0.701. The van der Waals surface area contributed by atoms with E-state index in [1.807, 2.05) is 30.3 Å². The maximum Gasteiger partial charge on any atom is 0.338 e. The van der Waals surface area contributed by atoms with Crippen molar-refractivity contribution in [1.82, 2.24) is 0 Å². The number of rotatable bonds is 7. The molecule has 1 aliphatic carbocycles. The Hall–Kier alpha value is -3.00. The van der Waals surface area contributed by atoms with E-state index in [1.165, 1.54) is 19.1 Å². The Balaban J connectivity index is 1.77. The Kier molecular flexibility index (Phi) is 6.99. The number of aliphatic hydroxyl groups is 2. The van der Waals surface area contributed by atoms with Crippen LogP contribution in [-0.2, 0) is 25.6 Å². The first-order valence-corrected chi connectivity index (χ1v) is 9.54. The molecule has 7 nitrogen and oxygen atoms in total. The highest BCUT2D eigenvalue weighted by Crippen LogP contribution is 2.30. The molecule has 0 amide bonds. The fourth-order valence-electron chi connectivity index (χ4n) is 3.20. The van der Waals surface area contributed by atoms with Gasteiger partial charge in [-0.15, -0.1) is 0 Å². The summed E-state index contributed by atoms with van der Waals surface area (Å²) in [6.45, 7) is 0.812. The van der Waals surface area contributed by atoms with Crippen LogP contribution in [0.15, 0.2) is 72.8 Å². The summed E-state index contributed by atoms with van der Waals surface area (Å²) in [5, 5.41) is 22.0. The van der Waals surface area contributed by atoms with Crippen LogP contribution in [0.25, 0.3) is 0 Å². The van der Waals surface area contributed by atoms with Crippen LogP contribution < -0.4 is 0 Å². The van der Waals surface area contributed by atoms with Crippen LogP contribution in [0.5, 0.6) is 0 Å². The number of hydrogen-bond donors (Lipinski definition) is 2. The summed E-state index contributed by atoms with van der Waals surface area (Å²) in [6, 6.07) is 17.6. The average molecular weight is 412 g/mol. The SMILES string of the molecule is CC(=O)O[C@H]1C=C[C@H](OCc2ccccc2)[C@](O)(COC(=O)c2ccccc2)[C@@H]1O. The van der Waals surface area contributed by atoms with Gasteiger partial charge in [-0.1, -0.05) is 54.6 Å². The van der Waals surface area contributed by atoms with Crippen LogP contribution in [0.4, 0.5) is 0 Å². The van der Waals surface area contributed by atoms with Crippen LogP contribution in [-0.4, -0.2) is 52.7 Å². The molecule has 7 heteroatoms. The first-order valence-electron chi connectivity index (χ1n) is 9.54. The van der Waals surface area contributed by atoms with Gasteiger partial charge in [0.2, 0.25) is 0 Å². The summed E-state index contributed by atoms with van der Waals surface area (Å²) in [5.41, 5.74) is -0.847. The largest absolute Gasteiger partial charge is 0.459 e. The van der Waals surface area contributed by atoms with E-state index >= 15 is 0 Å². The summed E-state index contributed by atoms with van der Waals surface area (Å²) in [7, 11) is 0. The van der Waals surface area contributed by atoms with Gasteiger partial charge in [0.15, 0.2) is 5.60 Å². The Labute approximate surface area is 174 Å². The van der Waals surface area contributed by atoms with Gasteiger partial charge >= 0.3 is 11.9 Å². The molecule has 0 heterocycles. The molecule has 0 saturated carbocycles. The van der Waals surface area contributed by atoms with Gasteiger partial charge in [-0.25, -0.2) is 4.79 Å². The van der Waals surface area contributed by atoms with Crippen molar-refractivity contribution in [3.63, 3.8) is 0 Å². The van der Waals surface area contributed by atoms with Crippen LogP contribution in [0, 0.1) is 0 Å². The molecule has 0 aliphatic heterocycles. The van der Waals surface area contributed by atoms with Crippen molar-refractivity contribution >= 4 is 11.9 Å². The molecule has 158 valence electrons. The van der Waals surface area contributed by atoms with E-state index in [0.717, 1.165) is 5.56 Å². The lowest BCUT2D eigenvalue weighted by molar-refractivity contribution is -0.205. The zero-order valence-electron chi connectivity index (χ0n) is 16.5. The minimum Gasteiger partial charge on any atom is -0.459 e. The van der Waals surface area contributed by atoms with Gasteiger partial charge in [0.1, 0.15) is 24.9 Å². The molecule has 30 heavy (non-hydrogen) atoms. The molecule has 0 radical (unpaired) electrons. The van der Waals surface area contributed by atoms with Crippen LogP contribution in [0.1, 0.15) is 22.8 Å². The Bertz CT molecular complexity index is 881. The number of carbonyl (C=O) groups excluding carboxylic acids is 2. The van der Waals surface area contributed by atoms with E-state index in [2.05, 4.69) is 0 Å². The second kappa shape index (κ2) is 9.67. The molecule has 2 aromatic rings. The van der Waals surface area contributed by atoms with Gasteiger partial charge in [0, 0.05) is 6.92 Å². The first-order chi connectivity index (χ1) is 14.4. The highest BCUT2D eigenvalue weighted by atomic mass is 16.6. The highest BCUT2D eigenvalue weighted by Gasteiger charge is 2.51. The number of ether oxygens (including phenoxy) is 3. The van der Waals surface area contributed by atoms with Crippen LogP contribution >= 0.6 is 0 Å². The van der Waals surface area contributed by atoms with Gasteiger partial charge in [-0.05, 0) is 23.8 Å². The Morgan fingerprint density at radius 3 is 2.27 bits per heavy atom. The Morgan fingerprint density at radius 2 is 1.63 bits per heavy atom. The van der Waals surface area contributed by atoms with Gasteiger partial charge < -0.3 is 24.4 Å². The van der Waals surface area contributed by atoms with Crippen molar-refractivity contribution in [2.45, 2.75) is 37.4 Å². The maximum absolute atomic E-state index is 12.3. The molecule has 0 aromatic heterocycles. The van der Waals surface area contributed by atoms with Gasteiger partial charge in [0.25, 0.3) is 0 Å². The van der Waals surface area contributed by atoms with Crippen molar-refractivity contribution in [2.75, 3.05) is 6.61 Å². The van der Waals surface area contributed by atoms with E-state index in [9.17, 15) is 19.8 Å². The second-order valence-electron chi connectivity index (χ2n) is 7.05. The van der Waals surface area contributed by atoms with Crippen molar-refractivity contribution in [3.05, 3.63) is 83.9 Å². The molecular weight excluding hydrogens is 388 g/mol. The summed E-state index contributed by atoms with van der Waals surface area (Å²) >= 11 is 0. The van der Waals surface area contributed by atoms with Gasteiger partial charge in [0.05, 0.1) is 12.2 Å². The van der Waals surface area contributed by atoms with Gasteiger partial charge in [-0.2, -0.15) is 0 Å². The Morgan fingerprint density at radius 1 is 1.00 bits per heavy atom. The monoisotopic (exact) mass is 412 g/mol. The topological polar surface area (TPSA) is 102 Å². The third kappa shape index (κ3) is 5.13. The second-order valence-corrected chi connectivity index (χ2v) is 7.05. The van der Waals surface area contributed by atoms with E-state index < -0.39 is 42.5 Å². The van der Waals surface area contributed by atoms with Crippen molar-refractivity contribution < 1.29 is 34.0 Å². The fourth-order valence-corrected chi connectivity index (χ4v) is 3.20. The predicted molar refractivity (Wildman–Crippen MR) is 107 cm³/mol. The third-order valence-electron chi connectivity index (χ3n) is 4.81. The summed E-state index contributed by atoms with van der Waals surface area (Å²) in [5.74, 6) is -1.27. The van der Waals surface area contributed by atoms with E-state index in [-0.39, 0.29) is 6.61 Å². The number of aliphatic hydroxyl groups excluding tert-OH is 1. The van der Waals surface area contributed by atoms with Crippen molar-refractivity contribution in [1.29, 1.82) is 0 Å². The minimum absolute atomic E-state index is 0.162. The molecule has 3 rings (SSSR count). The predicted octanol–water partition coefficient (Wildman–Crippen LogP) is 2.02. The quantitative estimate of drug-likeness (QED) is 0.530. The lowest BCUT2D eigenvalue weighted by Gasteiger charge is -2.42. The van der Waals surface area contributed by atoms with Crippen LogP contribution in [0.3, 0.4) is 0 Å². The average Bonchev–Trinajstić information content (AvgIpc) is 2.76. The first kappa shape index (κ1) is 21.7. The smallest absolute Gasteiger partial charge is 0.338 e. The highest BCUT2D eigenvalue weighted by molar-refractivity contribution is 5.89. The molecule has 2 N–H and O–H groups in total. The number of hydrogen-bond acceptors (Lipinski definition) is 7. The number of esters is 2. The van der Waals surface area contributed by atoms with E-state index in [0.29, 0.717) is 5.56 Å². The summed E-state index contributed by atoms with van der Waals surface area (Å²) < 4.78 is 16.2. The molecule has 0 fully saturated rings. The zero-order valence-corrected chi connectivity index (χ0v) is 16.5. The normalized spacial score (nSPS) is 25.5. The van der Waals surface area contributed by atoms with Crippen LogP contribution in [0.2, 0.25) is 0 Å². The molecule has 0 spiro atoms. The lowest BCUT2D eigenvalue weighted by Crippen LogP contribution is -2.62. The standard InChI is InChI=1S/C23H24O7/c1-16(24)30-19-12-13-20(28-14-17-8-4-2-5-9-17)23(27,21(19)25)15-29-22(26)18-10-6-3-7-11-18/h2-13,19-21,25,27H,14-15H2,1H3/t19-,20-,21+,23+/m0/s1. The molecule has 1 aliphatic rings. The molecule has 4 atom stereocenters. The molecular formula is C23H24O7. The number of benzene rings is 2. The van der Waals surface area contributed by atoms with Gasteiger partial charge in [-0.3, -0.25) is 4.79 Å². The third-order valence-corrected chi connectivity index (χ3v) is 4.81. The van der Waals surface area contributed by atoms with Crippen molar-refractivity contribution in [3.8, 4) is 0 Å². The van der Waals surface area contributed by atoms with E-state index in [4.69, 9.17) is 14.2 Å². The summed E-state index contributed by atoms with van der Waals surface area (Å²) in [4.78, 5) is 23.7. The minimum atomic E-state index is -2.02. The zero-order chi connectivity index (χ0) is 21.6.